The molecule has 0 unspecified atom stereocenters. The molecule has 6 nitrogen and oxygen atoms in total. The molecule has 28 heavy (non-hydrogen) atoms. The number of anilines is 1. The van der Waals surface area contributed by atoms with Crippen LogP contribution in [0.4, 0.5) is 5.69 Å². The number of hydrogen-bond donors (Lipinski definition) is 1. The van der Waals surface area contributed by atoms with E-state index >= 15 is 0 Å². The van der Waals surface area contributed by atoms with Crippen molar-refractivity contribution >= 4 is 11.6 Å². The van der Waals surface area contributed by atoms with Gasteiger partial charge in [0.25, 0.3) is 5.91 Å². The summed E-state index contributed by atoms with van der Waals surface area (Å²) in [6.45, 7) is 3.77. The molecule has 0 aromatic heterocycles. The van der Waals surface area contributed by atoms with Crippen molar-refractivity contribution in [3.05, 3.63) is 53.6 Å². The highest BCUT2D eigenvalue weighted by Crippen LogP contribution is 2.41. The van der Waals surface area contributed by atoms with Crippen molar-refractivity contribution in [3.63, 3.8) is 0 Å². The first-order chi connectivity index (χ1) is 13.7. The molecular formula is C22H26N2O4. The molecule has 148 valence electrons. The molecule has 1 fully saturated rings. The highest BCUT2D eigenvalue weighted by Gasteiger charge is 2.37. The van der Waals surface area contributed by atoms with E-state index in [1.807, 2.05) is 54.3 Å². The topological polar surface area (TPSA) is 60.0 Å². The molecule has 2 aromatic rings. The minimum absolute atomic E-state index is 0.00119. The van der Waals surface area contributed by atoms with Gasteiger partial charge in [0.05, 0.1) is 25.4 Å². The lowest BCUT2D eigenvalue weighted by atomic mass is 10.0. The summed E-state index contributed by atoms with van der Waals surface area (Å²) in [6, 6.07) is 13.4. The van der Waals surface area contributed by atoms with Crippen LogP contribution < -0.4 is 14.8 Å². The Morgan fingerprint density at radius 3 is 2.82 bits per heavy atom. The third kappa shape index (κ3) is 3.40. The largest absolute Gasteiger partial charge is 0.492 e. The van der Waals surface area contributed by atoms with Crippen molar-refractivity contribution < 1.29 is 19.0 Å². The number of hydrogen-bond acceptors (Lipinski definition) is 5. The summed E-state index contributed by atoms with van der Waals surface area (Å²) in [6.07, 6.45) is 1.69. The van der Waals surface area contributed by atoms with E-state index in [0.717, 1.165) is 30.7 Å². The number of rotatable bonds is 6. The molecular weight excluding hydrogens is 356 g/mol. The molecule has 1 amide bonds. The zero-order valence-corrected chi connectivity index (χ0v) is 16.3. The Hall–Kier alpha value is -2.73. The van der Waals surface area contributed by atoms with Crippen molar-refractivity contribution in [3.8, 4) is 11.5 Å². The van der Waals surface area contributed by atoms with Crippen LogP contribution >= 0.6 is 0 Å². The second kappa shape index (κ2) is 8.10. The number of amides is 1. The summed E-state index contributed by atoms with van der Waals surface area (Å²) in [5.74, 6) is 1.32. The monoisotopic (exact) mass is 382 g/mol. The Morgan fingerprint density at radius 2 is 2.07 bits per heavy atom. The Bertz CT molecular complexity index is 848. The second-order valence-corrected chi connectivity index (χ2v) is 7.00. The lowest BCUT2D eigenvalue weighted by Gasteiger charge is -2.39. The molecule has 1 N–H and O–H groups in total. The summed E-state index contributed by atoms with van der Waals surface area (Å²) in [5.41, 5.74) is 2.37. The zero-order valence-electron chi connectivity index (χ0n) is 16.3. The van der Waals surface area contributed by atoms with Gasteiger partial charge in [-0.25, -0.2) is 0 Å². The van der Waals surface area contributed by atoms with Crippen LogP contribution in [-0.2, 0) is 4.74 Å². The lowest BCUT2D eigenvalue weighted by Crippen LogP contribution is -2.46. The standard InChI is InChI=1S/C22H26N2O4/c1-3-27-19-12-6-10-17(20(19)26-2)21-23-18-11-5-4-9-16(18)22(25)24(21)14-15-8-7-13-28-15/h4-6,9-12,15,21,23H,3,7-8,13-14H2,1-2H3/t15-,21+/m0/s1. The maximum atomic E-state index is 13.4. The fourth-order valence-electron chi connectivity index (χ4n) is 3.97. The van der Waals surface area contributed by atoms with E-state index in [0.29, 0.717) is 30.2 Å². The maximum Gasteiger partial charge on any atom is 0.257 e. The summed E-state index contributed by atoms with van der Waals surface area (Å²) < 4.78 is 17.3. The normalized spacial score (nSPS) is 21.2. The molecule has 2 heterocycles. The number of carbonyl (C=O) groups excluding carboxylic acids is 1. The van der Waals surface area contributed by atoms with Crippen LogP contribution in [0.15, 0.2) is 42.5 Å². The minimum Gasteiger partial charge on any atom is -0.492 e. The molecule has 6 heteroatoms. The molecule has 0 radical (unpaired) electrons. The second-order valence-electron chi connectivity index (χ2n) is 7.00. The van der Waals surface area contributed by atoms with Gasteiger partial charge in [0.15, 0.2) is 11.5 Å². The quantitative estimate of drug-likeness (QED) is 0.823. The summed E-state index contributed by atoms with van der Waals surface area (Å²) in [7, 11) is 1.63. The molecule has 1 saturated heterocycles. The number of fused-ring (bicyclic) bond motifs is 1. The van der Waals surface area contributed by atoms with E-state index in [9.17, 15) is 4.79 Å². The van der Waals surface area contributed by atoms with Gasteiger partial charge in [0.1, 0.15) is 6.17 Å². The lowest BCUT2D eigenvalue weighted by molar-refractivity contribution is 0.0424. The number of ether oxygens (including phenoxy) is 3. The van der Waals surface area contributed by atoms with Gasteiger partial charge in [-0.1, -0.05) is 24.3 Å². The average molecular weight is 382 g/mol. The third-order valence-corrected chi connectivity index (χ3v) is 5.25. The number of carbonyl (C=O) groups is 1. The summed E-state index contributed by atoms with van der Waals surface area (Å²) >= 11 is 0. The van der Waals surface area contributed by atoms with Gasteiger partial charge in [-0.05, 0) is 38.0 Å². The zero-order chi connectivity index (χ0) is 19.5. The van der Waals surface area contributed by atoms with Crippen LogP contribution in [-0.4, -0.2) is 43.8 Å². The first-order valence-corrected chi connectivity index (χ1v) is 9.80. The highest BCUT2D eigenvalue weighted by atomic mass is 16.5. The van der Waals surface area contributed by atoms with E-state index in [1.165, 1.54) is 0 Å². The van der Waals surface area contributed by atoms with Gasteiger partial charge in [-0.15, -0.1) is 0 Å². The molecule has 0 aliphatic carbocycles. The Kier molecular flexibility index (Phi) is 5.39. The number of nitrogens with zero attached hydrogens (tertiary/aromatic N) is 1. The van der Waals surface area contributed by atoms with Crippen molar-refractivity contribution in [1.29, 1.82) is 0 Å². The molecule has 4 rings (SSSR count). The van der Waals surface area contributed by atoms with Crippen molar-refractivity contribution in [2.24, 2.45) is 0 Å². The number of para-hydroxylation sites is 2. The van der Waals surface area contributed by atoms with E-state index in [-0.39, 0.29) is 18.2 Å². The van der Waals surface area contributed by atoms with Gasteiger partial charge in [0, 0.05) is 24.4 Å². The highest BCUT2D eigenvalue weighted by molar-refractivity contribution is 6.01. The van der Waals surface area contributed by atoms with Crippen molar-refractivity contribution in [2.75, 3.05) is 32.2 Å². The number of benzene rings is 2. The van der Waals surface area contributed by atoms with Crippen LogP contribution in [0, 0.1) is 0 Å². The number of methoxy groups -OCH3 is 1. The molecule has 0 bridgehead atoms. The van der Waals surface area contributed by atoms with Crippen LogP contribution in [0.5, 0.6) is 11.5 Å². The smallest absolute Gasteiger partial charge is 0.257 e. The van der Waals surface area contributed by atoms with E-state index in [1.54, 1.807) is 7.11 Å². The molecule has 2 atom stereocenters. The maximum absolute atomic E-state index is 13.4. The third-order valence-electron chi connectivity index (χ3n) is 5.25. The summed E-state index contributed by atoms with van der Waals surface area (Å²) in [5, 5.41) is 3.53. The molecule has 2 aliphatic heterocycles. The van der Waals surface area contributed by atoms with Gasteiger partial charge in [-0.3, -0.25) is 4.79 Å². The van der Waals surface area contributed by atoms with Crippen LogP contribution in [0.1, 0.15) is 41.9 Å². The van der Waals surface area contributed by atoms with Crippen molar-refractivity contribution in [2.45, 2.75) is 32.0 Å². The molecule has 2 aliphatic rings. The van der Waals surface area contributed by atoms with E-state index in [4.69, 9.17) is 14.2 Å². The van der Waals surface area contributed by atoms with E-state index in [2.05, 4.69) is 5.32 Å². The Balaban J connectivity index is 1.76. The Morgan fingerprint density at radius 1 is 1.21 bits per heavy atom. The van der Waals surface area contributed by atoms with Crippen LogP contribution in [0.2, 0.25) is 0 Å². The molecule has 0 saturated carbocycles. The van der Waals surface area contributed by atoms with Crippen molar-refractivity contribution in [1.82, 2.24) is 4.90 Å². The predicted octanol–water partition coefficient (Wildman–Crippen LogP) is 3.84. The fourth-order valence-corrected chi connectivity index (χ4v) is 3.97. The van der Waals surface area contributed by atoms with Crippen LogP contribution in [0.25, 0.3) is 0 Å². The molecule has 2 aromatic carbocycles. The summed E-state index contributed by atoms with van der Waals surface area (Å²) in [4.78, 5) is 15.2. The van der Waals surface area contributed by atoms with Crippen LogP contribution in [0.3, 0.4) is 0 Å². The SMILES string of the molecule is CCOc1cccc([C@@H]2Nc3ccccc3C(=O)N2C[C@@H]2CCCO2)c1OC. The first kappa shape index (κ1) is 18.6. The van der Waals surface area contributed by atoms with Gasteiger partial charge in [-0.2, -0.15) is 0 Å². The predicted molar refractivity (Wildman–Crippen MR) is 107 cm³/mol. The van der Waals surface area contributed by atoms with E-state index < -0.39 is 0 Å². The Labute approximate surface area is 165 Å². The first-order valence-electron chi connectivity index (χ1n) is 9.80. The van der Waals surface area contributed by atoms with Gasteiger partial charge in [0.2, 0.25) is 0 Å². The fraction of sp³-hybridized carbons (Fsp3) is 0.409. The molecule has 0 spiro atoms. The average Bonchev–Trinajstić information content (AvgIpc) is 3.23. The number of nitrogens with one attached hydrogen (secondary N) is 1. The van der Waals surface area contributed by atoms with Gasteiger partial charge < -0.3 is 24.4 Å². The minimum atomic E-state index is -0.359. The van der Waals surface area contributed by atoms with Gasteiger partial charge >= 0.3 is 0 Å².